The average Bonchev–Trinajstić information content (AvgIpc) is 2.90. The fourth-order valence-electron chi connectivity index (χ4n) is 3.44. The van der Waals surface area contributed by atoms with Gasteiger partial charge in [0, 0.05) is 32.9 Å². The first kappa shape index (κ1) is 15.5. The van der Waals surface area contributed by atoms with Crippen LogP contribution in [0, 0.1) is 11.8 Å². The molecule has 1 fully saturated rings. The highest BCUT2D eigenvalue weighted by Gasteiger charge is 2.32. The number of hydrogen-bond acceptors (Lipinski definition) is 3. The minimum Gasteiger partial charge on any atom is -0.481 e. The highest BCUT2D eigenvalue weighted by atomic mass is 16.4. The fraction of sp³-hybridized carbons (Fsp3) is 0.471. The predicted molar refractivity (Wildman–Crippen MR) is 85.9 cm³/mol. The summed E-state index contributed by atoms with van der Waals surface area (Å²) >= 11 is 0. The zero-order chi connectivity index (χ0) is 16.4. The van der Waals surface area contributed by atoms with Crippen molar-refractivity contribution in [2.24, 2.45) is 11.8 Å². The van der Waals surface area contributed by atoms with Crippen LogP contribution >= 0.6 is 0 Å². The van der Waals surface area contributed by atoms with Crippen LogP contribution in [0.15, 0.2) is 24.3 Å². The summed E-state index contributed by atoms with van der Waals surface area (Å²) in [7, 11) is 0. The van der Waals surface area contributed by atoms with Gasteiger partial charge in [-0.1, -0.05) is 12.1 Å². The molecular weight excluding hydrogens is 294 g/mol. The second-order valence-corrected chi connectivity index (χ2v) is 6.28. The molecule has 1 aromatic heterocycles. The van der Waals surface area contributed by atoms with Crippen LogP contribution in [-0.2, 0) is 16.0 Å². The van der Waals surface area contributed by atoms with Gasteiger partial charge in [0.2, 0.25) is 5.91 Å². The molecule has 1 aliphatic heterocycles. The van der Waals surface area contributed by atoms with E-state index < -0.39 is 5.97 Å². The zero-order valence-electron chi connectivity index (χ0n) is 13.2. The zero-order valence-corrected chi connectivity index (χ0v) is 13.2. The summed E-state index contributed by atoms with van der Waals surface area (Å²) in [6.45, 7) is 2.81. The molecule has 0 radical (unpaired) electrons. The van der Waals surface area contributed by atoms with Gasteiger partial charge in [-0.2, -0.15) is 0 Å². The monoisotopic (exact) mass is 315 g/mol. The number of H-pyrrole nitrogens is 1. The first-order chi connectivity index (χ1) is 11.0. The Morgan fingerprint density at radius 2 is 2.13 bits per heavy atom. The van der Waals surface area contributed by atoms with E-state index >= 15 is 0 Å². The number of nitrogens with zero attached hydrogens (tertiary/aromatic N) is 2. The quantitative estimate of drug-likeness (QED) is 0.904. The van der Waals surface area contributed by atoms with Crippen LogP contribution in [0.4, 0.5) is 0 Å². The van der Waals surface area contributed by atoms with E-state index in [9.17, 15) is 9.59 Å². The van der Waals surface area contributed by atoms with Crippen molar-refractivity contribution >= 4 is 22.9 Å². The molecule has 1 amide bonds. The average molecular weight is 315 g/mol. The molecule has 6 nitrogen and oxygen atoms in total. The highest BCUT2D eigenvalue weighted by Crippen LogP contribution is 2.29. The molecule has 2 aromatic rings. The second-order valence-electron chi connectivity index (χ2n) is 6.28. The third-order valence-corrected chi connectivity index (χ3v) is 4.67. The maximum Gasteiger partial charge on any atom is 0.303 e. The maximum atomic E-state index is 11.7. The summed E-state index contributed by atoms with van der Waals surface area (Å²) < 4.78 is 0. The number of para-hydroxylation sites is 2. The Bertz CT molecular complexity index is 692. The lowest BCUT2D eigenvalue weighted by atomic mass is 9.81. The number of benzene rings is 1. The topological polar surface area (TPSA) is 86.3 Å². The van der Waals surface area contributed by atoms with E-state index in [4.69, 9.17) is 5.11 Å². The number of carbonyl (C=O) groups is 2. The van der Waals surface area contributed by atoms with Crippen LogP contribution in [0.5, 0.6) is 0 Å². The van der Waals surface area contributed by atoms with E-state index in [-0.39, 0.29) is 24.2 Å². The van der Waals surface area contributed by atoms with Gasteiger partial charge in [0.05, 0.1) is 11.0 Å². The molecule has 2 N–H and O–H groups in total. The van der Waals surface area contributed by atoms with Crippen molar-refractivity contribution in [3.63, 3.8) is 0 Å². The molecule has 2 unspecified atom stereocenters. The van der Waals surface area contributed by atoms with Crippen molar-refractivity contribution in [2.75, 3.05) is 13.1 Å². The van der Waals surface area contributed by atoms with Gasteiger partial charge < -0.3 is 15.0 Å². The molecule has 6 heteroatoms. The predicted octanol–water partition coefficient (Wildman–Crippen LogP) is 2.06. The number of hydrogen-bond donors (Lipinski definition) is 2. The normalized spacial score (nSPS) is 21.5. The van der Waals surface area contributed by atoms with Crippen molar-refractivity contribution in [1.29, 1.82) is 0 Å². The molecule has 23 heavy (non-hydrogen) atoms. The number of amides is 1. The second kappa shape index (κ2) is 6.40. The van der Waals surface area contributed by atoms with Crippen LogP contribution in [0.3, 0.4) is 0 Å². The molecule has 0 aliphatic carbocycles. The molecule has 2 heterocycles. The van der Waals surface area contributed by atoms with Gasteiger partial charge in [-0.3, -0.25) is 9.59 Å². The number of carbonyl (C=O) groups excluding carboxylic acids is 1. The Hall–Kier alpha value is -2.37. The van der Waals surface area contributed by atoms with E-state index in [1.54, 1.807) is 6.92 Å². The molecule has 122 valence electrons. The van der Waals surface area contributed by atoms with Gasteiger partial charge in [-0.15, -0.1) is 0 Å². The number of rotatable bonds is 4. The standard InChI is InChI=1S/C17H21N3O3/c1-11(21)20-7-6-12(9-17(22)23)13(10-20)8-16-18-14-4-2-3-5-15(14)19-16/h2-5,12-13H,6-10H2,1H3,(H,18,19)(H,22,23). The fourth-order valence-corrected chi connectivity index (χ4v) is 3.44. The molecular formula is C17H21N3O3. The summed E-state index contributed by atoms with van der Waals surface area (Å²) in [5.41, 5.74) is 1.90. The Kier molecular flexibility index (Phi) is 4.32. The first-order valence-corrected chi connectivity index (χ1v) is 7.94. The molecule has 3 rings (SSSR count). The van der Waals surface area contributed by atoms with Crippen LogP contribution < -0.4 is 0 Å². The Labute approximate surface area is 134 Å². The van der Waals surface area contributed by atoms with Gasteiger partial charge >= 0.3 is 5.97 Å². The van der Waals surface area contributed by atoms with Crippen molar-refractivity contribution in [3.05, 3.63) is 30.1 Å². The molecule has 1 aromatic carbocycles. The smallest absolute Gasteiger partial charge is 0.303 e. The summed E-state index contributed by atoms with van der Waals surface area (Å²) in [5, 5.41) is 9.14. The van der Waals surface area contributed by atoms with Crippen LogP contribution in [0.25, 0.3) is 11.0 Å². The first-order valence-electron chi connectivity index (χ1n) is 7.94. The summed E-state index contributed by atoms with van der Waals surface area (Å²) in [6, 6.07) is 7.82. The van der Waals surface area contributed by atoms with Crippen molar-refractivity contribution in [2.45, 2.75) is 26.2 Å². The number of aliphatic carboxylic acids is 1. The van der Waals surface area contributed by atoms with E-state index in [1.807, 2.05) is 29.2 Å². The van der Waals surface area contributed by atoms with Gasteiger partial charge in [-0.25, -0.2) is 4.98 Å². The number of carboxylic acid groups (broad SMARTS) is 1. The summed E-state index contributed by atoms with van der Waals surface area (Å²) in [4.78, 5) is 32.5. The molecule has 0 spiro atoms. The molecule has 1 aliphatic rings. The summed E-state index contributed by atoms with van der Waals surface area (Å²) in [5.74, 6) is 0.326. The van der Waals surface area contributed by atoms with Gasteiger partial charge in [0.1, 0.15) is 5.82 Å². The van der Waals surface area contributed by atoms with Crippen LogP contribution in [0.1, 0.15) is 25.6 Å². The lowest BCUT2D eigenvalue weighted by molar-refractivity contribution is -0.139. The highest BCUT2D eigenvalue weighted by molar-refractivity contribution is 5.75. The van der Waals surface area contributed by atoms with Crippen molar-refractivity contribution in [3.8, 4) is 0 Å². The van der Waals surface area contributed by atoms with Gasteiger partial charge in [0.15, 0.2) is 0 Å². The molecule has 1 saturated heterocycles. The van der Waals surface area contributed by atoms with Crippen molar-refractivity contribution < 1.29 is 14.7 Å². The minimum absolute atomic E-state index is 0.0494. The lowest BCUT2D eigenvalue weighted by Gasteiger charge is -2.37. The Morgan fingerprint density at radius 3 is 2.83 bits per heavy atom. The van der Waals surface area contributed by atoms with Crippen molar-refractivity contribution in [1.82, 2.24) is 14.9 Å². The number of imidazole rings is 1. The molecule has 2 atom stereocenters. The third-order valence-electron chi connectivity index (χ3n) is 4.67. The SMILES string of the molecule is CC(=O)N1CCC(CC(=O)O)C(Cc2nc3ccccc3[nH]2)C1. The minimum atomic E-state index is -0.777. The van der Waals surface area contributed by atoms with Gasteiger partial charge in [0.25, 0.3) is 0 Å². The van der Waals surface area contributed by atoms with Crippen LogP contribution in [-0.4, -0.2) is 44.9 Å². The maximum absolute atomic E-state index is 11.7. The molecule has 0 saturated carbocycles. The van der Waals surface area contributed by atoms with E-state index in [1.165, 1.54) is 0 Å². The number of carboxylic acids is 1. The number of aromatic amines is 1. The van der Waals surface area contributed by atoms with E-state index in [0.717, 1.165) is 23.3 Å². The van der Waals surface area contributed by atoms with E-state index in [2.05, 4.69) is 9.97 Å². The number of piperidine rings is 1. The van der Waals surface area contributed by atoms with Crippen LogP contribution in [0.2, 0.25) is 0 Å². The van der Waals surface area contributed by atoms with E-state index in [0.29, 0.717) is 19.5 Å². The summed E-state index contributed by atoms with van der Waals surface area (Å²) in [6.07, 6.45) is 1.55. The Morgan fingerprint density at radius 1 is 1.35 bits per heavy atom. The lowest BCUT2D eigenvalue weighted by Crippen LogP contribution is -2.44. The number of fused-ring (bicyclic) bond motifs is 1. The number of nitrogens with one attached hydrogen (secondary N) is 1. The Balaban J connectivity index is 1.79. The molecule has 0 bridgehead atoms. The number of likely N-dealkylation sites (tertiary alicyclic amines) is 1. The third kappa shape index (κ3) is 3.52. The number of aromatic nitrogens is 2. The largest absolute Gasteiger partial charge is 0.481 e. The van der Waals surface area contributed by atoms with Gasteiger partial charge in [-0.05, 0) is 30.4 Å².